The second kappa shape index (κ2) is 9.80. The summed E-state index contributed by atoms with van der Waals surface area (Å²) >= 11 is 1.63. The second-order valence-electron chi connectivity index (χ2n) is 7.80. The van der Waals surface area contributed by atoms with Crippen LogP contribution in [0.15, 0.2) is 48.2 Å². The fourth-order valence-electron chi connectivity index (χ4n) is 4.02. The number of aliphatic carboxylic acids is 1. The molecule has 2 atom stereocenters. The molecule has 1 aliphatic heterocycles. The lowest BCUT2D eigenvalue weighted by Crippen LogP contribution is -2.26. The lowest BCUT2D eigenvalue weighted by molar-refractivity contribution is -0.137. The average Bonchev–Trinajstić information content (AvgIpc) is 3.21. The van der Waals surface area contributed by atoms with E-state index < -0.39 is 5.97 Å². The zero-order chi connectivity index (χ0) is 20.8. The smallest absolute Gasteiger partial charge is 0.303 e. The fourth-order valence-corrected chi connectivity index (χ4v) is 4.93. The number of hydrogen-bond acceptors (Lipinski definition) is 6. The van der Waals surface area contributed by atoms with Gasteiger partial charge in [-0.15, -0.1) is 11.3 Å². The van der Waals surface area contributed by atoms with E-state index in [1.807, 2.05) is 24.4 Å². The Hall–Kier alpha value is -2.80. The first-order valence-electron chi connectivity index (χ1n) is 10.4. The predicted molar refractivity (Wildman–Crippen MR) is 118 cm³/mol. The maximum Gasteiger partial charge on any atom is 0.303 e. The summed E-state index contributed by atoms with van der Waals surface area (Å²) in [6, 6.07) is 8.40. The van der Waals surface area contributed by atoms with Gasteiger partial charge in [0.15, 0.2) is 0 Å². The minimum absolute atomic E-state index is 0.0868. The van der Waals surface area contributed by atoms with Crippen molar-refractivity contribution in [3.05, 3.63) is 70.1 Å². The normalized spacial score (nSPS) is 16.5. The summed E-state index contributed by atoms with van der Waals surface area (Å²) in [5.41, 5.74) is 3.36. The van der Waals surface area contributed by atoms with Gasteiger partial charge in [-0.3, -0.25) is 9.78 Å². The van der Waals surface area contributed by atoms with E-state index in [1.165, 1.54) is 5.56 Å². The first-order chi connectivity index (χ1) is 14.7. The third kappa shape index (κ3) is 5.42. The third-order valence-electron chi connectivity index (χ3n) is 5.58. The third-order valence-corrected chi connectivity index (χ3v) is 6.50. The maximum absolute atomic E-state index is 11.3. The molecule has 30 heavy (non-hydrogen) atoms. The summed E-state index contributed by atoms with van der Waals surface area (Å²) in [5.74, 6) is 0.135. The Morgan fingerprint density at radius 2 is 2.20 bits per heavy atom. The number of aromatic nitrogens is 3. The molecule has 0 fully saturated rings. The maximum atomic E-state index is 11.3. The molecule has 4 heterocycles. The highest BCUT2D eigenvalue weighted by atomic mass is 32.1. The number of aryl methyl sites for hydroxylation is 2. The van der Waals surface area contributed by atoms with Crippen LogP contribution in [0.4, 0.5) is 5.82 Å². The van der Waals surface area contributed by atoms with Crippen molar-refractivity contribution in [2.45, 2.75) is 56.9 Å². The molecule has 0 spiro atoms. The van der Waals surface area contributed by atoms with Crippen LogP contribution in [0.3, 0.4) is 0 Å². The van der Waals surface area contributed by atoms with Crippen molar-refractivity contribution in [1.82, 2.24) is 15.0 Å². The summed E-state index contributed by atoms with van der Waals surface area (Å²) in [6.45, 7) is 0. The molecule has 2 unspecified atom stereocenters. The Morgan fingerprint density at radius 3 is 3.03 bits per heavy atom. The first kappa shape index (κ1) is 20.5. The average molecular weight is 423 g/mol. The minimum Gasteiger partial charge on any atom is -0.481 e. The molecule has 0 saturated heterocycles. The second-order valence-corrected chi connectivity index (χ2v) is 8.74. The molecule has 2 N–H and O–H groups in total. The summed E-state index contributed by atoms with van der Waals surface area (Å²) in [4.78, 5) is 24.7. The van der Waals surface area contributed by atoms with E-state index in [0.29, 0.717) is 12.5 Å². The molecule has 0 amide bonds. The largest absolute Gasteiger partial charge is 0.481 e. The van der Waals surface area contributed by atoms with Crippen LogP contribution in [-0.2, 0) is 24.1 Å². The van der Waals surface area contributed by atoms with Crippen molar-refractivity contribution >= 4 is 23.1 Å². The van der Waals surface area contributed by atoms with Crippen molar-refractivity contribution in [2.75, 3.05) is 5.32 Å². The Bertz CT molecular complexity index is 976. The quantitative estimate of drug-likeness (QED) is 0.528. The zero-order valence-electron chi connectivity index (χ0n) is 16.8. The fraction of sp³-hybridized carbons (Fsp3) is 0.391. The number of carboxylic acid groups (broad SMARTS) is 1. The van der Waals surface area contributed by atoms with Gasteiger partial charge in [-0.2, -0.15) is 0 Å². The van der Waals surface area contributed by atoms with E-state index in [9.17, 15) is 9.90 Å². The number of rotatable bonds is 9. The summed E-state index contributed by atoms with van der Waals surface area (Å²) in [5, 5.41) is 15.9. The molecule has 1 aliphatic rings. The molecule has 6 nitrogen and oxygen atoms in total. The Labute approximate surface area is 180 Å². The topological polar surface area (TPSA) is 88.0 Å². The molecule has 7 heteroatoms. The number of carbonyl (C=O) groups is 1. The number of thiazole rings is 1. The predicted octanol–water partition coefficient (Wildman–Crippen LogP) is 4.48. The van der Waals surface area contributed by atoms with Crippen molar-refractivity contribution < 1.29 is 9.90 Å². The molecule has 0 saturated carbocycles. The molecule has 156 valence electrons. The van der Waals surface area contributed by atoms with Crippen molar-refractivity contribution in [1.29, 1.82) is 0 Å². The highest BCUT2D eigenvalue weighted by Gasteiger charge is 2.20. The van der Waals surface area contributed by atoms with Crippen LogP contribution in [0.25, 0.3) is 0 Å². The van der Waals surface area contributed by atoms with Crippen LogP contribution < -0.4 is 5.32 Å². The molecular weight excluding hydrogens is 396 g/mol. The van der Waals surface area contributed by atoms with Crippen molar-refractivity contribution in [2.24, 2.45) is 0 Å². The number of carboxylic acids is 1. The van der Waals surface area contributed by atoms with Gasteiger partial charge in [0.25, 0.3) is 0 Å². The van der Waals surface area contributed by atoms with Crippen LogP contribution in [0, 0.1) is 0 Å². The van der Waals surface area contributed by atoms with E-state index in [-0.39, 0.29) is 12.3 Å². The number of anilines is 1. The highest BCUT2D eigenvalue weighted by Crippen LogP contribution is 2.27. The van der Waals surface area contributed by atoms with Crippen molar-refractivity contribution in [3.63, 3.8) is 0 Å². The van der Waals surface area contributed by atoms with Gasteiger partial charge >= 0.3 is 5.97 Å². The molecule has 0 aliphatic carbocycles. The molecule has 4 rings (SSSR count). The number of nitrogens with zero attached hydrogens (tertiary/aromatic N) is 3. The van der Waals surface area contributed by atoms with E-state index in [0.717, 1.165) is 54.2 Å². The van der Waals surface area contributed by atoms with Gasteiger partial charge in [0.05, 0.1) is 17.1 Å². The van der Waals surface area contributed by atoms with Crippen LogP contribution in [0.2, 0.25) is 0 Å². The lowest BCUT2D eigenvalue weighted by atomic mass is 9.94. The van der Waals surface area contributed by atoms with Crippen LogP contribution in [0.5, 0.6) is 0 Å². The zero-order valence-corrected chi connectivity index (χ0v) is 17.6. The molecule has 3 aromatic heterocycles. The van der Waals surface area contributed by atoms with Gasteiger partial charge in [-0.1, -0.05) is 12.1 Å². The summed E-state index contributed by atoms with van der Waals surface area (Å²) in [6.07, 6.45) is 11.4. The van der Waals surface area contributed by atoms with Crippen LogP contribution in [0.1, 0.15) is 53.4 Å². The molecule has 0 radical (unpaired) electrons. The monoisotopic (exact) mass is 422 g/mol. The molecular formula is C23H26N4O2S. The van der Waals surface area contributed by atoms with E-state index in [2.05, 4.69) is 26.7 Å². The van der Waals surface area contributed by atoms with Crippen LogP contribution >= 0.6 is 11.3 Å². The highest BCUT2D eigenvalue weighted by molar-refractivity contribution is 7.09. The molecule has 0 aromatic carbocycles. The van der Waals surface area contributed by atoms with Crippen LogP contribution in [-0.4, -0.2) is 32.1 Å². The van der Waals surface area contributed by atoms with Gasteiger partial charge in [-0.25, -0.2) is 9.97 Å². The van der Waals surface area contributed by atoms with Gasteiger partial charge in [0.2, 0.25) is 0 Å². The number of pyridine rings is 2. The van der Waals surface area contributed by atoms with Gasteiger partial charge in [0, 0.05) is 42.4 Å². The number of hydrogen-bond donors (Lipinski definition) is 2. The van der Waals surface area contributed by atoms with E-state index >= 15 is 0 Å². The van der Waals surface area contributed by atoms with Gasteiger partial charge < -0.3 is 10.4 Å². The Balaban J connectivity index is 1.29. The van der Waals surface area contributed by atoms with E-state index in [4.69, 9.17) is 4.98 Å². The Kier molecular flexibility index (Phi) is 6.69. The standard InChI is InChI=1S/C23H26N4O2S/c28-22(29)13-18(17-5-2-10-24-14-17)12-21-26-20(15-30-21)7-1-6-19-9-8-16-4-3-11-25-23(16)27-19/h2-5,10-11,14-15,18-19H,1,6-9,12-13H2,(H,25,27)(H,28,29). The molecule has 3 aromatic rings. The number of nitrogens with one attached hydrogen (secondary N) is 1. The lowest BCUT2D eigenvalue weighted by Gasteiger charge is -2.25. The molecule has 0 bridgehead atoms. The summed E-state index contributed by atoms with van der Waals surface area (Å²) < 4.78 is 0. The minimum atomic E-state index is -0.795. The first-order valence-corrected chi connectivity index (χ1v) is 11.3. The Morgan fingerprint density at radius 1 is 1.30 bits per heavy atom. The SMILES string of the molecule is O=C(O)CC(Cc1nc(CCCC2CCc3cccnc3N2)cs1)c1cccnc1. The number of fused-ring (bicyclic) bond motifs is 1. The van der Waals surface area contributed by atoms with Crippen molar-refractivity contribution in [3.8, 4) is 0 Å². The van der Waals surface area contributed by atoms with Gasteiger partial charge in [0.1, 0.15) is 5.82 Å². The van der Waals surface area contributed by atoms with Gasteiger partial charge in [-0.05, 0) is 55.4 Å². The van der Waals surface area contributed by atoms with E-state index in [1.54, 1.807) is 23.7 Å². The summed E-state index contributed by atoms with van der Waals surface area (Å²) in [7, 11) is 0.